The third-order valence-corrected chi connectivity index (χ3v) is 4.96. The zero-order valence-corrected chi connectivity index (χ0v) is 18.0. The molecule has 0 saturated heterocycles. The minimum atomic E-state index is -0.453. The fourth-order valence-corrected chi connectivity index (χ4v) is 3.50. The van der Waals surface area contributed by atoms with Gasteiger partial charge in [0.05, 0.1) is 24.9 Å². The second-order valence-electron chi connectivity index (χ2n) is 6.40. The third-order valence-electron chi connectivity index (χ3n) is 4.37. The van der Waals surface area contributed by atoms with Crippen LogP contribution < -0.4 is 20.2 Å². The number of carbonyl (C=O) groups is 1. The quantitative estimate of drug-likeness (QED) is 0.404. The first-order valence-electron chi connectivity index (χ1n) is 9.01. The summed E-state index contributed by atoms with van der Waals surface area (Å²) in [5.74, 6) is 0.928. The van der Waals surface area contributed by atoms with Gasteiger partial charge in [-0.1, -0.05) is 30.3 Å². The molecule has 0 fully saturated rings. The first kappa shape index (κ1) is 20.7. The van der Waals surface area contributed by atoms with E-state index in [2.05, 4.69) is 37.8 Å². The van der Waals surface area contributed by atoms with E-state index < -0.39 is 6.04 Å². The Hall–Kier alpha value is -3.06. The molecule has 3 rings (SSSR count). The predicted octanol–water partition coefficient (Wildman–Crippen LogP) is 4.57. The number of hydrogen-bond acceptors (Lipinski definition) is 5. The van der Waals surface area contributed by atoms with Crippen LogP contribution in [0, 0.1) is 0 Å². The Labute approximate surface area is 178 Å². The van der Waals surface area contributed by atoms with Gasteiger partial charge in [0.1, 0.15) is 6.04 Å². The molecule has 150 valence electrons. The fraction of sp³-hybridized carbons (Fsp3) is 0.182. The van der Waals surface area contributed by atoms with E-state index in [0.717, 1.165) is 26.5 Å². The maximum absolute atomic E-state index is 12.4. The van der Waals surface area contributed by atoms with Gasteiger partial charge < -0.3 is 14.8 Å². The Kier molecular flexibility index (Phi) is 6.72. The van der Waals surface area contributed by atoms with Crippen LogP contribution in [-0.4, -0.2) is 32.4 Å². The Bertz CT molecular complexity index is 1050. The summed E-state index contributed by atoms with van der Waals surface area (Å²) in [7, 11) is 3.13. The number of fused-ring (bicyclic) bond motifs is 1. The summed E-state index contributed by atoms with van der Waals surface area (Å²) >= 11 is 3.43. The lowest BCUT2D eigenvalue weighted by Gasteiger charge is -2.14. The van der Waals surface area contributed by atoms with E-state index in [1.807, 2.05) is 42.5 Å². The molecule has 0 aliphatic heterocycles. The van der Waals surface area contributed by atoms with Gasteiger partial charge in [0.15, 0.2) is 11.5 Å². The largest absolute Gasteiger partial charge is 0.493 e. The summed E-state index contributed by atoms with van der Waals surface area (Å²) in [5.41, 5.74) is 4.18. The molecule has 2 N–H and O–H groups in total. The van der Waals surface area contributed by atoms with E-state index in [1.165, 1.54) is 0 Å². The first-order valence-corrected chi connectivity index (χ1v) is 9.81. The van der Waals surface area contributed by atoms with E-state index in [1.54, 1.807) is 33.4 Å². The minimum absolute atomic E-state index is 0.242. The van der Waals surface area contributed by atoms with Gasteiger partial charge in [0, 0.05) is 5.69 Å². The lowest BCUT2D eigenvalue weighted by molar-refractivity contribution is -0.121. The van der Waals surface area contributed by atoms with Crippen molar-refractivity contribution < 1.29 is 14.3 Å². The van der Waals surface area contributed by atoms with Crippen molar-refractivity contribution in [3.05, 3.63) is 64.6 Å². The van der Waals surface area contributed by atoms with Crippen molar-refractivity contribution in [3.8, 4) is 11.5 Å². The number of nitrogens with one attached hydrogen (secondary N) is 2. The highest BCUT2D eigenvalue weighted by Gasteiger charge is 2.12. The number of ether oxygens (including phenoxy) is 2. The second-order valence-corrected chi connectivity index (χ2v) is 7.25. The van der Waals surface area contributed by atoms with Crippen molar-refractivity contribution in [2.75, 3.05) is 19.5 Å². The first-order chi connectivity index (χ1) is 14.0. The summed E-state index contributed by atoms with van der Waals surface area (Å²) in [5, 5.41) is 9.51. The maximum atomic E-state index is 12.4. The summed E-state index contributed by atoms with van der Waals surface area (Å²) in [6.07, 6.45) is 1.55. The number of carbonyl (C=O) groups excluding carboxylic acids is 1. The van der Waals surface area contributed by atoms with Crippen molar-refractivity contribution in [3.63, 3.8) is 0 Å². The van der Waals surface area contributed by atoms with Crippen LogP contribution >= 0.6 is 15.9 Å². The molecule has 0 radical (unpaired) electrons. The predicted molar refractivity (Wildman–Crippen MR) is 120 cm³/mol. The molecule has 7 heteroatoms. The van der Waals surface area contributed by atoms with Crippen LogP contribution in [0.5, 0.6) is 11.5 Å². The molecule has 0 aromatic heterocycles. The van der Waals surface area contributed by atoms with Crippen LogP contribution in [0.1, 0.15) is 12.5 Å². The maximum Gasteiger partial charge on any atom is 0.262 e. The molecular formula is C22H22BrN3O3. The Morgan fingerprint density at radius 1 is 1.07 bits per heavy atom. The second kappa shape index (κ2) is 9.43. The van der Waals surface area contributed by atoms with Gasteiger partial charge in [-0.3, -0.25) is 4.79 Å². The molecule has 0 spiro atoms. The average molecular weight is 456 g/mol. The van der Waals surface area contributed by atoms with E-state index in [-0.39, 0.29) is 5.91 Å². The van der Waals surface area contributed by atoms with Crippen molar-refractivity contribution in [2.24, 2.45) is 5.10 Å². The summed E-state index contributed by atoms with van der Waals surface area (Å²) in [6, 6.07) is 17.2. The van der Waals surface area contributed by atoms with Gasteiger partial charge in [-0.05, 0) is 63.5 Å². The van der Waals surface area contributed by atoms with E-state index in [0.29, 0.717) is 11.5 Å². The fourth-order valence-electron chi connectivity index (χ4n) is 2.87. The molecule has 3 aromatic carbocycles. The minimum Gasteiger partial charge on any atom is -0.493 e. The number of amides is 1. The highest BCUT2D eigenvalue weighted by molar-refractivity contribution is 9.10. The monoisotopic (exact) mass is 455 g/mol. The van der Waals surface area contributed by atoms with Gasteiger partial charge in [-0.25, -0.2) is 5.43 Å². The van der Waals surface area contributed by atoms with Gasteiger partial charge in [0.25, 0.3) is 5.91 Å². The zero-order chi connectivity index (χ0) is 20.8. The normalized spacial score (nSPS) is 12.0. The molecule has 0 heterocycles. The number of rotatable bonds is 7. The number of anilines is 1. The number of hydrogen-bond donors (Lipinski definition) is 2. The van der Waals surface area contributed by atoms with Gasteiger partial charge in [-0.15, -0.1) is 0 Å². The van der Waals surface area contributed by atoms with Crippen molar-refractivity contribution in [2.45, 2.75) is 13.0 Å². The SMILES string of the molecule is COc1cc(/C=N\NC(=O)[C@@H](C)Nc2ccc3ccccc3c2)cc(Br)c1OC. The smallest absolute Gasteiger partial charge is 0.262 e. The van der Waals surface area contributed by atoms with Crippen LogP contribution in [-0.2, 0) is 4.79 Å². The molecule has 29 heavy (non-hydrogen) atoms. The third kappa shape index (κ3) is 5.06. The Morgan fingerprint density at radius 2 is 1.83 bits per heavy atom. The lowest BCUT2D eigenvalue weighted by Crippen LogP contribution is -2.34. The molecule has 3 aromatic rings. The van der Waals surface area contributed by atoms with Crippen LogP contribution in [0.3, 0.4) is 0 Å². The van der Waals surface area contributed by atoms with Gasteiger partial charge >= 0.3 is 0 Å². The highest BCUT2D eigenvalue weighted by Crippen LogP contribution is 2.35. The molecule has 0 aliphatic carbocycles. The van der Waals surface area contributed by atoms with Crippen LogP contribution in [0.15, 0.2) is 64.2 Å². The van der Waals surface area contributed by atoms with Crippen molar-refractivity contribution >= 4 is 44.5 Å². The molecule has 0 bridgehead atoms. The molecule has 1 amide bonds. The van der Waals surface area contributed by atoms with Gasteiger partial charge in [0.2, 0.25) is 0 Å². The van der Waals surface area contributed by atoms with Crippen molar-refractivity contribution in [1.82, 2.24) is 5.43 Å². The van der Waals surface area contributed by atoms with Crippen LogP contribution in [0.25, 0.3) is 10.8 Å². The molecule has 0 saturated carbocycles. The number of benzene rings is 3. The molecule has 0 unspecified atom stereocenters. The standard InChI is InChI=1S/C22H22BrN3O3/c1-14(25-18-9-8-16-6-4-5-7-17(16)12-18)22(27)26-24-13-15-10-19(23)21(29-3)20(11-15)28-2/h4-14,25H,1-3H3,(H,26,27)/b24-13-/t14-/m1/s1. The van der Waals surface area contributed by atoms with E-state index in [9.17, 15) is 4.79 Å². The van der Waals surface area contributed by atoms with Crippen LogP contribution in [0.4, 0.5) is 5.69 Å². The topological polar surface area (TPSA) is 72.0 Å². The van der Waals surface area contributed by atoms with E-state index >= 15 is 0 Å². The van der Waals surface area contributed by atoms with Crippen LogP contribution in [0.2, 0.25) is 0 Å². The van der Waals surface area contributed by atoms with Gasteiger partial charge in [-0.2, -0.15) is 5.10 Å². The molecule has 0 aliphatic rings. The van der Waals surface area contributed by atoms with E-state index in [4.69, 9.17) is 9.47 Å². The lowest BCUT2D eigenvalue weighted by atomic mass is 10.1. The molecule has 6 nitrogen and oxygen atoms in total. The Balaban J connectivity index is 1.63. The summed E-state index contributed by atoms with van der Waals surface area (Å²) < 4.78 is 11.3. The summed E-state index contributed by atoms with van der Waals surface area (Å²) in [4.78, 5) is 12.4. The number of hydrazone groups is 1. The molecular weight excluding hydrogens is 434 g/mol. The number of halogens is 1. The Morgan fingerprint density at radius 3 is 2.55 bits per heavy atom. The summed E-state index contributed by atoms with van der Waals surface area (Å²) in [6.45, 7) is 1.78. The molecule has 1 atom stereocenters. The number of nitrogens with zero attached hydrogens (tertiary/aromatic N) is 1. The zero-order valence-electron chi connectivity index (χ0n) is 16.4. The average Bonchev–Trinajstić information content (AvgIpc) is 2.73. The van der Waals surface area contributed by atoms with Crippen molar-refractivity contribution in [1.29, 1.82) is 0 Å². The number of methoxy groups -OCH3 is 2. The highest BCUT2D eigenvalue weighted by atomic mass is 79.9.